The fourth-order valence-electron chi connectivity index (χ4n) is 10.4. The quantitative estimate of drug-likeness (QED) is 0.0792. The maximum atomic E-state index is 7.26. The third-order valence-corrected chi connectivity index (χ3v) is 14.9. The van der Waals surface area contributed by atoms with Gasteiger partial charge in [0, 0.05) is 52.5 Å². The normalized spacial score (nSPS) is 19.2. The van der Waals surface area contributed by atoms with Crippen LogP contribution in [0.25, 0.3) is 0 Å². The Morgan fingerprint density at radius 3 is 1.73 bits per heavy atom. The van der Waals surface area contributed by atoms with E-state index in [0.29, 0.717) is 0 Å². The van der Waals surface area contributed by atoms with Crippen LogP contribution < -0.4 is 10.2 Å². The molecular weight excluding hydrogens is 774 g/mol. The van der Waals surface area contributed by atoms with E-state index in [4.69, 9.17) is 11.6 Å². The molecule has 1 saturated heterocycles. The second kappa shape index (κ2) is 26.8. The summed E-state index contributed by atoms with van der Waals surface area (Å²) in [5, 5.41) is 4.23. The zero-order valence-corrected chi connectivity index (χ0v) is 41.5. The van der Waals surface area contributed by atoms with E-state index in [1.54, 1.807) is 0 Å². The Hall–Kier alpha value is -2.88. The summed E-state index contributed by atoms with van der Waals surface area (Å²) in [7, 11) is 0. The van der Waals surface area contributed by atoms with Crippen molar-refractivity contribution in [2.75, 3.05) is 31.1 Å². The molecule has 0 bridgehead atoms. The summed E-state index contributed by atoms with van der Waals surface area (Å²) < 4.78 is 2.62. The predicted octanol–water partition coefficient (Wildman–Crippen LogP) is 17.1. The summed E-state index contributed by atoms with van der Waals surface area (Å²) in [4.78, 5) is 2.62. The molecule has 2 aromatic carbocycles. The van der Waals surface area contributed by atoms with E-state index in [1.165, 1.54) is 206 Å². The Balaban J connectivity index is 0.00000111. The molecule has 4 heteroatoms. The molecule has 1 N–H and O–H groups in total. The first-order valence-electron chi connectivity index (χ1n) is 26.0. The van der Waals surface area contributed by atoms with Crippen LogP contribution in [0.15, 0.2) is 94.7 Å². The van der Waals surface area contributed by atoms with Gasteiger partial charge in [-0.3, -0.25) is 0 Å². The predicted molar refractivity (Wildman–Crippen MR) is 274 cm³/mol. The van der Waals surface area contributed by atoms with Gasteiger partial charge >= 0.3 is 0 Å². The molecule has 3 aliphatic heterocycles. The first-order valence-corrected chi connectivity index (χ1v) is 26.4. The first kappa shape index (κ1) is 50.1. The van der Waals surface area contributed by atoms with E-state index in [-0.39, 0.29) is 10.8 Å². The average Bonchev–Trinajstić information content (AvgIpc) is 3.83. The lowest BCUT2D eigenvalue weighted by atomic mass is 9.81. The number of benzene rings is 2. The van der Waals surface area contributed by atoms with E-state index in [2.05, 4.69) is 129 Å². The highest BCUT2D eigenvalue weighted by Gasteiger charge is 2.44. The van der Waals surface area contributed by atoms with Gasteiger partial charge in [0.2, 0.25) is 5.69 Å². The molecule has 2 aromatic rings. The molecule has 1 aliphatic carbocycles. The highest BCUT2D eigenvalue weighted by atomic mass is 35.5. The minimum absolute atomic E-state index is 0.0406. The van der Waals surface area contributed by atoms with Gasteiger partial charge in [0.1, 0.15) is 6.54 Å². The number of para-hydroxylation sites is 2. The summed E-state index contributed by atoms with van der Waals surface area (Å²) >= 11 is 7.26. The molecule has 0 radical (unpaired) electrons. The van der Waals surface area contributed by atoms with Gasteiger partial charge in [0.25, 0.3) is 0 Å². The molecule has 342 valence electrons. The molecule has 0 spiro atoms. The van der Waals surface area contributed by atoms with Crippen molar-refractivity contribution in [2.45, 2.75) is 213 Å². The van der Waals surface area contributed by atoms with Crippen LogP contribution in [-0.4, -0.2) is 36.5 Å². The summed E-state index contributed by atoms with van der Waals surface area (Å²) in [6.45, 7) is 18.9. The van der Waals surface area contributed by atoms with Crippen LogP contribution in [0.5, 0.6) is 0 Å². The minimum atomic E-state index is -0.0406. The largest absolute Gasteiger partial charge is 0.344 e. The fourth-order valence-corrected chi connectivity index (χ4v) is 10.8. The van der Waals surface area contributed by atoms with Crippen molar-refractivity contribution in [2.24, 2.45) is 0 Å². The number of rotatable bonds is 25. The Bertz CT molecular complexity index is 1790. The van der Waals surface area contributed by atoms with Crippen LogP contribution in [0, 0.1) is 0 Å². The van der Waals surface area contributed by atoms with Crippen molar-refractivity contribution >= 4 is 28.7 Å². The zero-order chi connectivity index (χ0) is 44.0. The van der Waals surface area contributed by atoms with Crippen LogP contribution in [-0.2, 0) is 10.8 Å². The summed E-state index contributed by atoms with van der Waals surface area (Å²) in [6, 6.07) is 18.1. The number of nitrogens with zero attached hydrogens (tertiary/aromatic N) is 2. The lowest BCUT2D eigenvalue weighted by molar-refractivity contribution is -0.438. The molecule has 6 rings (SSSR count). The van der Waals surface area contributed by atoms with Gasteiger partial charge in [0.15, 0.2) is 5.71 Å². The summed E-state index contributed by atoms with van der Waals surface area (Å²) in [6.07, 6.45) is 43.0. The Morgan fingerprint density at radius 1 is 0.597 bits per heavy atom. The second-order valence-electron chi connectivity index (χ2n) is 20.1. The third-order valence-electron chi connectivity index (χ3n) is 14.4. The van der Waals surface area contributed by atoms with Crippen molar-refractivity contribution < 1.29 is 4.58 Å². The molecule has 3 heterocycles. The van der Waals surface area contributed by atoms with E-state index >= 15 is 0 Å². The van der Waals surface area contributed by atoms with Gasteiger partial charge in [-0.1, -0.05) is 203 Å². The summed E-state index contributed by atoms with van der Waals surface area (Å²) in [5.74, 6) is 0. The molecular formula is C58H89ClN3+. The molecule has 1 fully saturated rings. The number of anilines is 1. The minimum Gasteiger partial charge on any atom is -0.344 e. The number of allylic oxidation sites excluding steroid dienone is 8. The molecule has 0 unspecified atom stereocenters. The molecule has 0 saturated carbocycles. The van der Waals surface area contributed by atoms with E-state index < -0.39 is 0 Å². The van der Waals surface area contributed by atoms with Gasteiger partial charge in [0.05, 0.1) is 5.41 Å². The first-order chi connectivity index (χ1) is 30.2. The van der Waals surface area contributed by atoms with Crippen LogP contribution in [0.2, 0.25) is 0 Å². The van der Waals surface area contributed by atoms with Crippen molar-refractivity contribution in [3.05, 3.63) is 106 Å². The topological polar surface area (TPSA) is 18.3 Å². The number of halogens is 1. The van der Waals surface area contributed by atoms with Crippen molar-refractivity contribution in [1.82, 2.24) is 5.32 Å². The van der Waals surface area contributed by atoms with Crippen molar-refractivity contribution in [3.63, 3.8) is 0 Å². The lowest BCUT2D eigenvalue weighted by Gasteiger charge is -2.27. The fraction of sp³-hybridized carbons (Fsp3) is 0.638. The van der Waals surface area contributed by atoms with Crippen LogP contribution in [0.3, 0.4) is 0 Å². The average molecular weight is 864 g/mol. The van der Waals surface area contributed by atoms with Crippen LogP contribution >= 0.6 is 11.6 Å². The third kappa shape index (κ3) is 14.3. The van der Waals surface area contributed by atoms with Gasteiger partial charge < -0.3 is 10.2 Å². The summed E-state index contributed by atoms with van der Waals surface area (Å²) in [5.41, 5.74) is 10.9. The molecule has 0 atom stereocenters. The van der Waals surface area contributed by atoms with Crippen molar-refractivity contribution in [3.8, 4) is 0 Å². The standard InChI is InChI=1S/C53H78ClN2.C5H11N/c1-7-9-11-13-15-17-19-21-23-29-41-55-47-33-27-25-31-45(47)52(3,4)49(55)39-37-43-35-36-44(51(43)54)38-40-50-53(5,6)46-32-26-28-34-48(46)56(50)42-30-24-22-20-18-16-14-12-10-8-2;1-2-4-6-5-3-1/h25-28,31-34,37-40H,7-24,29-30,35-36,41-42H2,1-6H3;6H,1-5H2/q+1;. The molecule has 3 nitrogen and oxygen atoms in total. The monoisotopic (exact) mass is 863 g/mol. The number of piperidine rings is 1. The van der Waals surface area contributed by atoms with E-state index in [1.807, 2.05) is 0 Å². The number of hydrogen-bond donors (Lipinski definition) is 1. The Morgan fingerprint density at radius 2 is 1.15 bits per heavy atom. The number of nitrogens with one attached hydrogen (secondary N) is 1. The maximum absolute atomic E-state index is 7.26. The van der Waals surface area contributed by atoms with Crippen molar-refractivity contribution in [1.29, 1.82) is 0 Å². The van der Waals surface area contributed by atoms with E-state index in [0.717, 1.165) is 31.0 Å². The number of unbranched alkanes of at least 4 members (excludes halogenated alkanes) is 18. The lowest BCUT2D eigenvalue weighted by Crippen LogP contribution is -2.28. The SMILES string of the molecule is C1CCNCC1.CCCCCCCCCCCCN1/C(=C/C=C2\CCC(/C=C/C3=[N+](CCCCCCCCCCCC)c4ccccc4C3(C)C)=C2Cl)C(C)(C)c2ccccc21. The second-order valence-corrected chi connectivity index (χ2v) is 20.4. The number of fused-ring (bicyclic) bond motifs is 2. The van der Waals surface area contributed by atoms with Crippen LogP contribution in [0.4, 0.5) is 11.4 Å². The maximum Gasteiger partial charge on any atom is 0.209 e. The van der Waals surface area contributed by atoms with Gasteiger partial charge in [-0.2, -0.15) is 4.58 Å². The highest BCUT2D eigenvalue weighted by Crippen LogP contribution is 2.48. The number of hydrogen-bond acceptors (Lipinski definition) is 2. The van der Waals surface area contributed by atoms with E-state index in [9.17, 15) is 0 Å². The van der Waals surface area contributed by atoms with Gasteiger partial charge in [-0.15, -0.1) is 0 Å². The van der Waals surface area contributed by atoms with Gasteiger partial charge in [-0.05, 0) is 94.3 Å². The molecule has 62 heavy (non-hydrogen) atoms. The molecule has 0 amide bonds. The van der Waals surface area contributed by atoms with Gasteiger partial charge in [-0.25, -0.2) is 0 Å². The highest BCUT2D eigenvalue weighted by molar-refractivity contribution is 6.33. The molecule has 0 aromatic heterocycles. The Kier molecular flexibility index (Phi) is 21.7. The smallest absolute Gasteiger partial charge is 0.209 e. The Labute approximate surface area is 386 Å². The van der Waals surface area contributed by atoms with Crippen LogP contribution in [0.1, 0.15) is 213 Å². The molecule has 4 aliphatic rings. The zero-order valence-electron chi connectivity index (χ0n) is 40.7.